The van der Waals surface area contributed by atoms with Crippen LogP contribution in [0.3, 0.4) is 0 Å². The van der Waals surface area contributed by atoms with Gasteiger partial charge >= 0.3 is 6.09 Å². The van der Waals surface area contributed by atoms with Gasteiger partial charge in [-0.15, -0.1) is 0 Å². The lowest BCUT2D eigenvalue weighted by atomic mass is 10.2. The van der Waals surface area contributed by atoms with Gasteiger partial charge in [0.2, 0.25) is 0 Å². The molecule has 0 atom stereocenters. The van der Waals surface area contributed by atoms with E-state index in [0.717, 1.165) is 10.8 Å². The number of carboxylic acid groups (broad SMARTS) is 1. The molecule has 0 aliphatic rings. The van der Waals surface area contributed by atoms with Crippen molar-refractivity contribution in [3.63, 3.8) is 0 Å². The fourth-order valence-corrected chi connectivity index (χ4v) is 1.47. The minimum Gasteiger partial charge on any atom is -0.464 e. The highest BCUT2D eigenvalue weighted by molar-refractivity contribution is 5.95. The van der Waals surface area contributed by atoms with Gasteiger partial charge in [0.25, 0.3) is 5.69 Å². The first-order valence-electron chi connectivity index (χ1n) is 4.09. The number of nitro groups is 1. The summed E-state index contributed by atoms with van der Waals surface area (Å²) in [7, 11) is 0. The van der Waals surface area contributed by atoms with Crippen LogP contribution in [0.15, 0.2) is 30.5 Å². The third kappa shape index (κ3) is 1.32. The topological polar surface area (TPSA) is 85.4 Å². The van der Waals surface area contributed by atoms with Gasteiger partial charge in [-0.05, 0) is 12.1 Å². The van der Waals surface area contributed by atoms with Crippen LogP contribution in [0.1, 0.15) is 0 Å². The van der Waals surface area contributed by atoms with E-state index in [4.69, 9.17) is 5.11 Å². The maximum atomic E-state index is 10.8. The highest BCUT2D eigenvalue weighted by Crippen LogP contribution is 2.27. The van der Waals surface area contributed by atoms with Crippen molar-refractivity contribution in [2.45, 2.75) is 0 Å². The molecule has 0 unspecified atom stereocenters. The molecular formula is C9H6N2O4. The molecule has 0 amide bonds. The van der Waals surface area contributed by atoms with E-state index < -0.39 is 11.0 Å². The van der Waals surface area contributed by atoms with Crippen molar-refractivity contribution in [2.24, 2.45) is 0 Å². The molecule has 0 aliphatic heterocycles. The van der Waals surface area contributed by atoms with E-state index in [1.807, 2.05) is 0 Å². The van der Waals surface area contributed by atoms with Gasteiger partial charge < -0.3 is 5.11 Å². The molecule has 1 heterocycles. The van der Waals surface area contributed by atoms with Crippen LogP contribution in [0.2, 0.25) is 0 Å². The van der Waals surface area contributed by atoms with E-state index in [2.05, 4.69) is 0 Å². The molecule has 0 saturated heterocycles. The first kappa shape index (κ1) is 9.20. The van der Waals surface area contributed by atoms with Crippen LogP contribution in [0, 0.1) is 10.1 Å². The number of benzene rings is 1. The van der Waals surface area contributed by atoms with Gasteiger partial charge in [0.05, 0.1) is 22.0 Å². The first-order chi connectivity index (χ1) is 7.11. The average molecular weight is 206 g/mol. The quantitative estimate of drug-likeness (QED) is 0.571. The lowest BCUT2D eigenvalue weighted by Crippen LogP contribution is -2.05. The largest absolute Gasteiger partial charge is 0.464 e. The van der Waals surface area contributed by atoms with Crippen LogP contribution in [-0.4, -0.2) is 20.7 Å². The second-order valence-electron chi connectivity index (χ2n) is 2.94. The number of hydrogen-bond donors (Lipinski definition) is 1. The number of para-hydroxylation sites is 1. The molecular weight excluding hydrogens is 200 g/mol. The van der Waals surface area contributed by atoms with Gasteiger partial charge in [-0.1, -0.05) is 12.1 Å². The summed E-state index contributed by atoms with van der Waals surface area (Å²) in [5, 5.41) is 19.8. The van der Waals surface area contributed by atoms with Crippen molar-refractivity contribution in [1.82, 2.24) is 4.57 Å². The van der Waals surface area contributed by atoms with Gasteiger partial charge in [0.15, 0.2) is 0 Å². The Morgan fingerprint density at radius 2 is 2.07 bits per heavy atom. The third-order valence-corrected chi connectivity index (χ3v) is 2.09. The zero-order valence-corrected chi connectivity index (χ0v) is 7.45. The Morgan fingerprint density at radius 1 is 1.40 bits per heavy atom. The Kier molecular flexibility index (Phi) is 1.89. The Morgan fingerprint density at radius 3 is 2.67 bits per heavy atom. The minimum atomic E-state index is -1.24. The van der Waals surface area contributed by atoms with Crippen LogP contribution in [-0.2, 0) is 0 Å². The van der Waals surface area contributed by atoms with Crippen LogP contribution in [0.4, 0.5) is 10.5 Å². The van der Waals surface area contributed by atoms with Crippen LogP contribution in [0.25, 0.3) is 10.9 Å². The molecule has 0 bridgehead atoms. The first-order valence-corrected chi connectivity index (χ1v) is 4.09. The van der Waals surface area contributed by atoms with E-state index >= 15 is 0 Å². The summed E-state index contributed by atoms with van der Waals surface area (Å²) >= 11 is 0. The van der Waals surface area contributed by atoms with Crippen molar-refractivity contribution in [1.29, 1.82) is 0 Å². The predicted molar refractivity (Wildman–Crippen MR) is 52.0 cm³/mol. The Labute approximate surface area is 83.5 Å². The smallest absolute Gasteiger partial charge is 0.416 e. The summed E-state index contributed by atoms with van der Waals surface area (Å²) in [5.41, 5.74) is 0.115. The Balaban J connectivity index is 2.85. The molecule has 0 radical (unpaired) electrons. The molecule has 2 rings (SSSR count). The second kappa shape index (κ2) is 3.09. The molecule has 2 aromatic rings. The normalized spacial score (nSPS) is 10.4. The van der Waals surface area contributed by atoms with Crippen LogP contribution < -0.4 is 0 Å². The molecule has 1 aromatic heterocycles. The monoisotopic (exact) mass is 206 g/mol. The van der Waals surface area contributed by atoms with Crippen molar-refractivity contribution < 1.29 is 14.8 Å². The number of fused-ring (bicyclic) bond motifs is 1. The zero-order valence-electron chi connectivity index (χ0n) is 7.45. The summed E-state index contributed by atoms with van der Waals surface area (Å²) in [6.07, 6.45) is -0.230. The third-order valence-electron chi connectivity index (χ3n) is 2.09. The van der Waals surface area contributed by atoms with E-state index in [1.54, 1.807) is 12.1 Å². The molecule has 0 spiro atoms. The fourth-order valence-electron chi connectivity index (χ4n) is 1.47. The molecule has 0 saturated carbocycles. The number of nitrogens with zero attached hydrogens (tertiary/aromatic N) is 2. The summed E-state index contributed by atoms with van der Waals surface area (Å²) in [5.74, 6) is 0. The van der Waals surface area contributed by atoms with Crippen molar-refractivity contribution in [2.75, 3.05) is 0 Å². The highest BCUT2D eigenvalue weighted by atomic mass is 16.6. The maximum Gasteiger partial charge on any atom is 0.416 e. The molecule has 76 valence electrons. The highest BCUT2D eigenvalue weighted by Gasteiger charge is 2.19. The van der Waals surface area contributed by atoms with Gasteiger partial charge in [0.1, 0.15) is 0 Å². The molecule has 6 nitrogen and oxygen atoms in total. The molecule has 1 aromatic carbocycles. The van der Waals surface area contributed by atoms with E-state index in [1.165, 1.54) is 12.1 Å². The second-order valence-corrected chi connectivity index (χ2v) is 2.94. The van der Waals surface area contributed by atoms with Gasteiger partial charge in [-0.3, -0.25) is 10.1 Å². The number of carbonyl (C=O) groups is 1. The molecule has 1 N–H and O–H groups in total. The van der Waals surface area contributed by atoms with Crippen LogP contribution in [0.5, 0.6) is 0 Å². The van der Waals surface area contributed by atoms with E-state index in [9.17, 15) is 14.9 Å². The van der Waals surface area contributed by atoms with Gasteiger partial charge in [-0.2, -0.15) is 0 Å². The van der Waals surface area contributed by atoms with Gasteiger partial charge in [-0.25, -0.2) is 9.36 Å². The minimum absolute atomic E-state index is 0.201. The fraction of sp³-hybridized carbons (Fsp3) is 0. The standard InChI is InChI=1S/C9H6N2O4/c12-9(13)10-5-8(11(14)15)6-3-1-2-4-7(6)10/h1-5H,(H,12,13). The Bertz CT molecular complexity index is 510. The lowest BCUT2D eigenvalue weighted by molar-refractivity contribution is -0.383. The SMILES string of the molecule is O=C(O)n1cc([N+](=O)[O-])c2ccccc21. The number of hydrogen-bond acceptors (Lipinski definition) is 3. The predicted octanol–water partition coefficient (Wildman–Crippen LogP) is 2.08. The van der Waals surface area contributed by atoms with Crippen molar-refractivity contribution in [3.8, 4) is 0 Å². The van der Waals surface area contributed by atoms with E-state index in [0.29, 0.717) is 10.9 Å². The summed E-state index contributed by atoms with van der Waals surface area (Å²) < 4.78 is 0.841. The average Bonchev–Trinajstić information content (AvgIpc) is 2.56. The summed E-state index contributed by atoms with van der Waals surface area (Å²) in [6.45, 7) is 0. The molecule has 0 fully saturated rings. The number of aromatic nitrogens is 1. The summed E-state index contributed by atoms with van der Waals surface area (Å²) in [6, 6.07) is 6.30. The molecule has 0 aliphatic carbocycles. The maximum absolute atomic E-state index is 10.8. The Hall–Kier alpha value is -2.37. The van der Waals surface area contributed by atoms with Crippen molar-refractivity contribution in [3.05, 3.63) is 40.6 Å². The molecule has 6 heteroatoms. The summed E-state index contributed by atoms with van der Waals surface area (Å²) in [4.78, 5) is 20.8. The van der Waals surface area contributed by atoms with Gasteiger partial charge in [0, 0.05) is 0 Å². The van der Waals surface area contributed by atoms with Crippen molar-refractivity contribution >= 4 is 22.7 Å². The number of rotatable bonds is 1. The van der Waals surface area contributed by atoms with E-state index in [-0.39, 0.29) is 5.69 Å². The molecule has 15 heavy (non-hydrogen) atoms. The lowest BCUT2D eigenvalue weighted by Gasteiger charge is -1.94. The zero-order chi connectivity index (χ0) is 11.0. The van der Waals surface area contributed by atoms with Crippen LogP contribution >= 0.6 is 0 Å².